The molecule has 18 heavy (non-hydrogen) atoms. The summed E-state index contributed by atoms with van der Waals surface area (Å²) in [6, 6.07) is 1.17. The molecule has 0 aromatic carbocycles. The van der Waals surface area contributed by atoms with Gasteiger partial charge in [0, 0.05) is 25.2 Å². The first-order chi connectivity index (χ1) is 8.75. The summed E-state index contributed by atoms with van der Waals surface area (Å²) in [5.74, 6) is 0. The number of nitrogens with one attached hydrogen (secondary N) is 1. The van der Waals surface area contributed by atoms with Crippen LogP contribution in [-0.2, 0) is 9.47 Å². The number of rotatable bonds is 5. The molecule has 106 valence electrons. The van der Waals surface area contributed by atoms with Gasteiger partial charge in [-0.3, -0.25) is 4.90 Å². The highest BCUT2D eigenvalue weighted by Crippen LogP contribution is 2.10. The van der Waals surface area contributed by atoms with Crippen molar-refractivity contribution in [3.8, 4) is 0 Å². The van der Waals surface area contributed by atoms with Gasteiger partial charge in [-0.2, -0.15) is 0 Å². The van der Waals surface area contributed by atoms with E-state index in [9.17, 15) is 0 Å². The van der Waals surface area contributed by atoms with Crippen molar-refractivity contribution in [3.05, 3.63) is 0 Å². The molecule has 2 rings (SSSR count). The van der Waals surface area contributed by atoms with Gasteiger partial charge in [-0.15, -0.1) is 0 Å². The molecule has 0 saturated carbocycles. The Balaban J connectivity index is 1.60. The molecule has 2 fully saturated rings. The van der Waals surface area contributed by atoms with Crippen molar-refractivity contribution in [1.82, 2.24) is 10.2 Å². The zero-order valence-corrected chi connectivity index (χ0v) is 11.9. The molecule has 0 aromatic heterocycles. The van der Waals surface area contributed by atoms with Crippen molar-refractivity contribution in [3.63, 3.8) is 0 Å². The van der Waals surface area contributed by atoms with Gasteiger partial charge in [0.2, 0.25) is 0 Å². The lowest BCUT2D eigenvalue weighted by Crippen LogP contribution is -2.47. The molecule has 0 amide bonds. The molecule has 1 N–H and O–H groups in total. The molecule has 0 aromatic rings. The van der Waals surface area contributed by atoms with Crippen LogP contribution in [0, 0.1) is 0 Å². The Morgan fingerprint density at radius 2 is 2.22 bits per heavy atom. The predicted octanol–water partition coefficient (Wildman–Crippen LogP) is 1.25. The van der Waals surface area contributed by atoms with Crippen molar-refractivity contribution in [2.45, 2.75) is 51.3 Å². The maximum atomic E-state index is 5.83. The molecule has 2 saturated heterocycles. The Kier molecular flexibility index (Phi) is 5.89. The third-order valence-corrected chi connectivity index (χ3v) is 3.94. The average molecular weight is 256 g/mol. The first-order valence-corrected chi connectivity index (χ1v) is 7.42. The number of hydrogen-bond donors (Lipinski definition) is 1. The topological polar surface area (TPSA) is 33.7 Å². The lowest BCUT2D eigenvalue weighted by molar-refractivity contribution is -0.0784. The van der Waals surface area contributed by atoms with Gasteiger partial charge < -0.3 is 14.8 Å². The molecule has 0 bridgehead atoms. The van der Waals surface area contributed by atoms with Crippen LogP contribution in [0.4, 0.5) is 0 Å². The van der Waals surface area contributed by atoms with Gasteiger partial charge >= 0.3 is 0 Å². The smallest absolute Gasteiger partial charge is 0.0935 e. The Labute approximate surface area is 111 Å². The highest BCUT2D eigenvalue weighted by molar-refractivity contribution is 4.75. The van der Waals surface area contributed by atoms with Crippen molar-refractivity contribution in [2.75, 3.05) is 39.5 Å². The van der Waals surface area contributed by atoms with E-state index in [1.165, 1.54) is 19.3 Å². The Hall–Kier alpha value is -0.160. The van der Waals surface area contributed by atoms with Gasteiger partial charge in [-0.05, 0) is 33.2 Å². The molecule has 0 aliphatic carbocycles. The summed E-state index contributed by atoms with van der Waals surface area (Å²) in [5, 5.41) is 3.51. The standard InChI is InChI=1S/C14H28N2O2/c1-12(2)16-7-8-18-14(9-16)11-17-10-13-5-3-4-6-15-13/h12-15H,3-11H2,1-2H3. The molecule has 0 spiro atoms. The van der Waals surface area contributed by atoms with Gasteiger partial charge in [-0.1, -0.05) is 6.42 Å². The summed E-state index contributed by atoms with van der Waals surface area (Å²) in [6.45, 7) is 10.1. The van der Waals surface area contributed by atoms with Crippen LogP contribution in [-0.4, -0.2) is 62.5 Å². The van der Waals surface area contributed by atoms with E-state index in [-0.39, 0.29) is 6.10 Å². The number of morpholine rings is 1. The number of piperidine rings is 1. The largest absolute Gasteiger partial charge is 0.377 e. The van der Waals surface area contributed by atoms with Gasteiger partial charge in [0.15, 0.2) is 0 Å². The number of ether oxygens (including phenoxy) is 2. The molecule has 2 unspecified atom stereocenters. The van der Waals surface area contributed by atoms with Crippen LogP contribution in [0.5, 0.6) is 0 Å². The molecule has 0 radical (unpaired) electrons. The van der Waals surface area contributed by atoms with Gasteiger partial charge in [0.25, 0.3) is 0 Å². The Morgan fingerprint density at radius 1 is 1.33 bits per heavy atom. The Morgan fingerprint density at radius 3 is 2.94 bits per heavy atom. The van der Waals surface area contributed by atoms with Gasteiger partial charge in [0.05, 0.1) is 25.9 Å². The van der Waals surface area contributed by atoms with E-state index in [0.717, 1.165) is 39.5 Å². The molecule has 4 nitrogen and oxygen atoms in total. The third-order valence-electron chi connectivity index (χ3n) is 3.94. The average Bonchev–Trinajstić information content (AvgIpc) is 2.40. The van der Waals surface area contributed by atoms with Gasteiger partial charge in [0.1, 0.15) is 0 Å². The fourth-order valence-electron chi connectivity index (χ4n) is 2.72. The molecule has 2 atom stereocenters. The zero-order valence-electron chi connectivity index (χ0n) is 11.9. The molecule has 4 heteroatoms. The minimum atomic E-state index is 0.254. The van der Waals surface area contributed by atoms with Crippen molar-refractivity contribution < 1.29 is 9.47 Å². The third kappa shape index (κ3) is 4.50. The highest BCUT2D eigenvalue weighted by Gasteiger charge is 2.22. The molecule has 2 aliphatic rings. The second-order valence-electron chi connectivity index (χ2n) is 5.77. The summed E-state index contributed by atoms with van der Waals surface area (Å²) >= 11 is 0. The number of hydrogen-bond acceptors (Lipinski definition) is 4. The maximum Gasteiger partial charge on any atom is 0.0935 e. The normalized spacial score (nSPS) is 30.8. The van der Waals surface area contributed by atoms with Crippen LogP contribution < -0.4 is 5.32 Å². The van der Waals surface area contributed by atoms with E-state index in [0.29, 0.717) is 12.1 Å². The van der Waals surface area contributed by atoms with Crippen LogP contribution >= 0.6 is 0 Å². The monoisotopic (exact) mass is 256 g/mol. The summed E-state index contributed by atoms with van der Waals surface area (Å²) in [7, 11) is 0. The van der Waals surface area contributed by atoms with E-state index in [4.69, 9.17) is 9.47 Å². The lowest BCUT2D eigenvalue weighted by atomic mass is 10.1. The highest BCUT2D eigenvalue weighted by atomic mass is 16.5. The molecule has 2 aliphatic heterocycles. The minimum Gasteiger partial charge on any atom is -0.377 e. The maximum absolute atomic E-state index is 5.83. The fourth-order valence-corrected chi connectivity index (χ4v) is 2.72. The van der Waals surface area contributed by atoms with E-state index in [2.05, 4.69) is 24.1 Å². The van der Waals surface area contributed by atoms with E-state index in [1.807, 2.05) is 0 Å². The summed E-state index contributed by atoms with van der Waals surface area (Å²) in [6.07, 6.45) is 4.15. The van der Waals surface area contributed by atoms with Crippen molar-refractivity contribution in [2.24, 2.45) is 0 Å². The number of nitrogens with zero attached hydrogens (tertiary/aromatic N) is 1. The Bertz CT molecular complexity index is 230. The fraction of sp³-hybridized carbons (Fsp3) is 1.00. The SMILES string of the molecule is CC(C)N1CCOC(COCC2CCCCN2)C1. The van der Waals surface area contributed by atoms with Crippen LogP contribution in [0.15, 0.2) is 0 Å². The predicted molar refractivity (Wildman–Crippen MR) is 72.9 cm³/mol. The van der Waals surface area contributed by atoms with Crippen molar-refractivity contribution in [1.29, 1.82) is 0 Å². The first kappa shape index (κ1) is 14.3. The van der Waals surface area contributed by atoms with E-state index in [1.54, 1.807) is 0 Å². The molecular weight excluding hydrogens is 228 g/mol. The summed E-state index contributed by atoms with van der Waals surface area (Å²) < 4.78 is 11.6. The van der Waals surface area contributed by atoms with E-state index < -0.39 is 0 Å². The second kappa shape index (κ2) is 7.43. The second-order valence-corrected chi connectivity index (χ2v) is 5.77. The molecular formula is C14H28N2O2. The van der Waals surface area contributed by atoms with Gasteiger partial charge in [-0.25, -0.2) is 0 Å². The summed E-state index contributed by atoms with van der Waals surface area (Å²) in [4.78, 5) is 2.47. The minimum absolute atomic E-state index is 0.254. The van der Waals surface area contributed by atoms with Crippen molar-refractivity contribution >= 4 is 0 Å². The molecule has 2 heterocycles. The van der Waals surface area contributed by atoms with E-state index >= 15 is 0 Å². The lowest BCUT2D eigenvalue weighted by Gasteiger charge is -2.35. The van der Waals surface area contributed by atoms with Crippen LogP contribution in [0.3, 0.4) is 0 Å². The van der Waals surface area contributed by atoms with Crippen LogP contribution in [0.2, 0.25) is 0 Å². The summed E-state index contributed by atoms with van der Waals surface area (Å²) in [5.41, 5.74) is 0. The van der Waals surface area contributed by atoms with Crippen LogP contribution in [0.1, 0.15) is 33.1 Å². The first-order valence-electron chi connectivity index (χ1n) is 7.42. The zero-order chi connectivity index (χ0) is 12.8. The van der Waals surface area contributed by atoms with Crippen LogP contribution in [0.25, 0.3) is 0 Å². The quantitative estimate of drug-likeness (QED) is 0.803.